The molecule has 1 unspecified atom stereocenters. The van der Waals surface area contributed by atoms with Crippen LogP contribution in [0.25, 0.3) is 11.1 Å². The van der Waals surface area contributed by atoms with E-state index in [0.717, 1.165) is 22.3 Å². The molecule has 6 heteroatoms. The highest BCUT2D eigenvalue weighted by Crippen LogP contribution is 2.48. The predicted octanol–water partition coefficient (Wildman–Crippen LogP) is 4.17. The third kappa shape index (κ3) is 3.62. The molecule has 2 N–H and O–H groups in total. The number of hydrogen-bond acceptors (Lipinski definition) is 5. The van der Waals surface area contributed by atoms with Gasteiger partial charge in [-0.1, -0.05) is 25.1 Å². The zero-order valence-electron chi connectivity index (χ0n) is 18.2. The standard InChI is InChI=1S/C24H29NO5/c1-6-20(24(2,3)23(25)27)30-21-17(11-13-19(28-4)22(21)29-5)14-8-7-9-16-15(14)10-12-18(16)26/h7-9,11,13,20H,6,10,12H2,1-5H3,(H2,25,27). The minimum atomic E-state index is -0.894. The summed E-state index contributed by atoms with van der Waals surface area (Å²) in [5.74, 6) is 1.15. The van der Waals surface area contributed by atoms with E-state index in [1.807, 2.05) is 37.3 Å². The van der Waals surface area contributed by atoms with Gasteiger partial charge in [-0.05, 0) is 49.9 Å². The zero-order chi connectivity index (χ0) is 22.1. The molecule has 0 spiro atoms. The van der Waals surface area contributed by atoms with Crippen molar-refractivity contribution in [3.05, 3.63) is 41.5 Å². The van der Waals surface area contributed by atoms with Gasteiger partial charge in [-0.3, -0.25) is 9.59 Å². The summed E-state index contributed by atoms with van der Waals surface area (Å²) in [6, 6.07) is 9.44. The van der Waals surface area contributed by atoms with Gasteiger partial charge in [0.1, 0.15) is 6.10 Å². The Morgan fingerprint density at radius 3 is 2.33 bits per heavy atom. The molecule has 3 rings (SSSR count). The lowest BCUT2D eigenvalue weighted by atomic mass is 9.84. The number of primary amides is 1. The van der Waals surface area contributed by atoms with Crippen molar-refractivity contribution in [3.8, 4) is 28.4 Å². The molecule has 30 heavy (non-hydrogen) atoms. The Kier molecular flexibility index (Phi) is 6.06. The molecule has 2 aromatic carbocycles. The number of fused-ring (bicyclic) bond motifs is 1. The number of methoxy groups -OCH3 is 2. The van der Waals surface area contributed by atoms with Gasteiger partial charge < -0.3 is 19.9 Å². The van der Waals surface area contributed by atoms with E-state index >= 15 is 0 Å². The van der Waals surface area contributed by atoms with Crippen molar-refractivity contribution in [3.63, 3.8) is 0 Å². The average Bonchev–Trinajstić information content (AvgIpc) is 3.12. The SMILES string of the molecule is CCC(Oc1c(-c2cccc3c2CCC3=O)ccc(OC)c1OC)C(C)(C)C(N)=O. The van der Waals surface area contributed by atoms with E-state index in [1.54, 1.807) is 28.1 Å². The number of ketones is 1. The van der Waals surface area contributed by atoms with E-state index in [1.165, 1.54) is 0 Å². The van der Waals surface area contributed by atoms with E-state index in [4.69, 9.17) is 19.9 Å². The van der Waals surface area contributed by atoms with Crippen LogP contribution < -0.4 is 19.9 Å². The number of ether oxygens (including phenoxy) is 3. The average molecular weight is 411 g/mol. The maximum Gasteiger partial charge on any atom is 0.226 e. The Bertz CT molecular complexity index is 980. The molecule has 0 saturated heterocycles. The monoisotopic (exact) mass is 411 g/mol. The molecule has 0 aliphatic heterocycles. The summed E-state index contributed by atoms with van der Waals surface area (Å²) in [7, 11) is 3.11. The first-order valence-corrected chi connectivity index (χ1v) is 10.1. The van der Waals surface area contributed by atoms with Crippen molar-refractivity contribution in [2.75, 3.05) is 14.2 Å². The van der Waals surface area contributed by atoms with E-state index in [0.29, 0.717) is 36.5 Å². The minimum absolute atomic E-state index is 0.149. The summed E-state index contributed by atoms with van der Waals surface area (Å²) in [5.41, 5.74) is 8.22. The highest BCUT2D eigenvalue weighted by Gasteiger charge is 2.37. The summed E-state index contributed by atoms with van der Waals surface area (Å²) in [5, 5.41) is 0. The van der Waals surface area contributed by atoms with Crippen LogP contribution in [0.15, 0.2) is 30.3 Å². The molecule has 1 amide bonds. The largest absolute Gasteiger partial charge is 0.493 e. The Labute approximate surface area is 177 Å². The lowest BCUT2D eigenvalue weighted by molar-refractivity contribution is -0.130. The molecule has 0 heterocycles. The number of benzene rings is 2. The molecule has 2 aromatic rings. The fraction of sp³-hybridized carbons (Fsp3) is 0.417. The quantitative estimate of drug-likeness (QED) is 0.704. The van der Waals surface area contributed by atoms with Crippen LogP contribution in [0.5, 0.6) is 17.2 Å². The van der Waals surface area contributed by atoms with Crippen LogP contribution in [-0.4, -0.2) is 32.0 Å². The second-order valence-electron chi connectivity index (χ2n) is 8.03. The van der Waals surface area contributed by atoms with Gasteiger partial charge in [0.15, 0.2) is 17.3 Å². The van der Waals surface area contributed by atoms with Gasteiger partial charge in [0.25, 0.3) is 0 Å². The summed E-state index contributed by atoms with van der Waals surface area (Å²) in [6.45, 7) is 5.49. The van der Waals surface area contributed by atoms with Crippen molar-refractivity contribution < 1.29 is 23.8 Å². The van der Waals surface area contributed by atoms with Crippen LogP contribution in [0.1, 0.15) is 49.5 Å². The molecule has 0 aromatic heterocycles. The number of hydrogen-bond donors (Lipinski definition) is 1. The summed E-state index contributed by atoms with van der Waals surface area (Å²) < 4.78 is 17.6. The Hall–Kier alpha value is -3.02. The Morgan fingerprint density at radius 2 is 1.73 bits per heavy atom. The number of nitrogens with two attached hydrogens (primary N) is 1. The molecule has 6 nitrogen and oxygen atoms in total. The van der Waals surface area contributed by atoms with Gasteiger partial charge in [-0.25, -0.2) is 0 Å². The molecule has 0 bridgehead atoms. The summed E-state index contributed by atoms with van der Waals surface area (Å²) in [6.07, 6.45) is 1.28. The van der Waals surface area contributed by atoms with E-state index in [-0.39, 0.29) is 5.78 Å². The van der Waals surface area contributed by atoms with Crippen LogP contribution in [0.4, 0.5) is 0 Å². The van der Waals surface area contributed by atoms with E-state index < -0.39 is 17.4 Å². The topological polar surface area (TPSA) is 87.8 Å². The predicted molar refractivity (Wildman–Crippen MR) is 115 cm³/mol. The summed E-state index contributed by atoms with van der Waals surface area (Å²) >= 11 is 0. The third-order valence-electron chi connectivity index (χ3n) is 5.94. The van der Waals surface area contributed by atoms with Gasteiger partial charge in [0.2, 0.25) is 11.7 Å². The number of carbonyl (C=O) groups excluding carboxylic acids is 2. The first kappa shape index (κ1) is 21.7. The fourth-order valence-electron chi connectivity index (χ4n) is 4.01. The third-order valence-corrected chi connectivity index (χ3v) is 5.94. The molecule has 0 saturated carbocycles. The Balaban J connectivity index is 2.21. The van der Waals surface area contributed by atoms with Gasteiger partial charge in [-0.15, -0.1) is 0 Å². The fourth-order valence-corrected chi connectivity index (χ4v) is 4.01. The molecular weight excluding hydrogens is 382 g/mol. The molecule has 1 aliphatic carbocycles. The number of carbonyl (C=O) groups is 2. The number of amides is 1. The van der Waals surface area contributed by atoms with Gasteiger partial charge in [-0.2, -0.15) is 0 Å². The highest BCUT2D eigenvalue weighted by molar-refractivity contribution is 6.02. The van der Waals surface area contributed by atoms with Crippen LogP contribution in [0, 0.1) is 5.41 Å². The maximum atomic E-state index is 12.3. The summed E-state index contributed by atoms with van der Waals surface area (Å²) in [4.78, 5) is 24.3. The second kappa shape index (κ2) is 8.38. The maximum absolute atomic E-state index is 12.3. The molecular formula is C24H29NO5. The van der Waals surface area contributed by atoms with Crippen LogP contribution in [0.3, 0.4) is 0 Å². The van der Waals surface area contributed by atoms with Gasteiger partial charge in [0, 0.05) is 17.5 Å². The van der Waals surface area contributed by atoms with Crippen LogP contribution in [-0.2, 0) is 11.2 Å². The first-order valence-electron chi connectivity index (χ1n) is 10.1. The van der Waals surface area contributed by atoms with E-state index in [9.17, 15) is 9.59 Å². The Morgan fingerprint density at radius 1 is 1.03 bits per heavy atom. The van der Waals surface area contributed by atoms with Crippen molar-refractivity contribution in [1.29, 1.82) is 0 Å². The minimum Gasteiger partial charge on any atom is -0.493 e. The van der Waals surface area contributed by atoms with Gasteiger partial charge >= 0.3 is 0 Å². The first-order chi connectivity index (χ1) is 14.3. The van der Waals surface area contributed by atoms with Crippen molar-refractivity contribution in [2.45, 2.75) is 46.1 Å². The van der Waals surface area contributed by atoms with Crippen LogP contribution in [0.2, 0.25) is 0 Å². The van der Waals surface area contributed by atoms with Crippen molar-refractivity contribution in [1.82, 2.24) is 0 Å². The molecule has 0 fully saturated rings. The molecule has 0 radical (unpaired) electrons. The lowest BCUT2D eigenvalue weighted by Crippen LogP contribution is -2.44. The second-order valence-corrected chi connectivity index (χ2v) is 8.03. The van der Waals surface area contributed by atoms with Gasteiger partial charge in [0.05, 0.1) is 19.6 Å². The number of Topliss-reactive ketones (excluding diaryl/α,β-unsaturated/α-hetero) is 1. The van der Waals surface area contributed by atoms with Crippen molar-refractivity contribution >= 4 is 11.7 Å². The molecule has 1 aliphatic rings. The highest BCUT2D eigenvalue weighted by atomic mass is 16.5. The van der Waals surface area contributed by atoms with Crippen LogP contribution >= 0.6 is 0 Å². The van der Waals surface area contributed by atoms with Crippen molar-refractivity contribution in [2.24, 2.45) is 11.1 Å². The van der Waals surface area contributed by atoms with E-state index in [2.05, 4.69) is 0 Å². The molecule has 160 valence electrons. The lowest BCUT2D eigenvalue weighted by Gasteiger charge is -2.32. The molecule has 1 atom stereocenters. The normalized spacial score (nSPS) is 14.2. The zero-order valence-corrected chi connectivity index (χ0v) is 18.2. The smallest absolute Gasteiger partial charge is 0.226 e. The number of rotatable bonds is 8.